The summed E-state index contributed by atoms with van der Waals surface area (Å²) in [4.78, 5) is 0. The summed E-state index contributed by atoms with van der Waals surface area (Å²) in [6.07, 6.45) is 0.920. The van der Waals surface area contributed by atoms with E-state index in [0.29, 0.717) is 5.82 Å². The fourth-order valence-corrected chi connectivity index (χ4v) is 2.56. The Morgan fingerprint density at radius 1 is 1.38 bits per heavy atom. The number of anilines is 1. The summed E-state index contributed by atoms with van der Waals surface area (Å²) in [5.74, 6) is 0.500. The molecule has 1 unspecified atom stereocenters. The van der Waals surface area contributed by atoms with Gasteiger partial charge < -0.3 is 10.5 Å². The van der Waals surface area contributed by atoms with E-state index < -0.39 is 0 Å². The molecule has 0 bridgehead atoms. The first-order valence-electron chi connectivity index (χ1n) is 5.60. The third-order valence-electron chi connectivity index (χ3n) is 3.29. The highest BCUT2D eigenvalue weighted by Crippen LogP contribution is 2.45. The van der Waals surface area contributed by atoms with Gasteiger partial charge in [-0.1, -0.05) is 5.21 Å². The Labute approximate surface area is 96.0 Å². The lowest BCUT2D eigenvalue weighted by atomic mass is 9.94. The lowest BCUT2D eigenvalue weighted by Crippen LogP contribution is -2.32. The summed E-state index contributed by atoms with van der Waals surface area (Å²) < 4.78 is 7.93. The Morgan fingerprint density at radius 3 is 2.38 bits per heavy atom. The molecule has 2 N–H and O–H groups in total. The van der Waals surface area contributed by atoms with Crippen LogP contribution < -0.4 is 5.73 Å². The van der Waals surface area contributed by atoms with Gasteiger partial charge in [-0.25, -0.2) is 4.68 Å². The van der Waals surface area contributed by atoms with E-state index in [0.717, 1.165) is 12.1 Å². The van der Waals surface area contributed by atoms with E-state index >= 15 is 0 Å². The largest absolute Gasteiger partial charge is 0.381 e. The van der Waals surface area contributed by atoms with E-state index in [1.165, 1.54) is 0 Å². The van der Waals surface area contributed by atoms with Crippen LogP contribution in [-0.4, -0.2) is 26.2 Å². The molecule has 1 fully saturated rings. The van der Waals surface area contributed by atoms with E-state index in [9.17, 15) is 0 Å². The maximum Gasteiger partial charge on any atom is 0.168 e. The fraction of sp³-hybridized carbons (Fsp3) is 0.818. The SMILES string of the molecule is Cc1c(N)nnn1C1CC(C)(C)OC1(C)C. The highest BCUT2D eigenvalue weighted by Gasteiger charge is 2.47. The van der Waals surface area contributed by atoms with Crippen LogP contribution in [0.1, 0.15) is 45.9 Å². The topological polar surface area (TPSA) is 66.0 Å². The Morgan fingerprint density at radius 2 is 2.00 bits per heavy atom. The predicted molar refractivity (Wildman–Crippen MR) is 62.1 cm³/mol. The molecule has 2 rings (SSSR count). The summed E-state index contributed by atoms with van der Waals surface area (Å²) >= 11 is 0. The van der Waals surface area contributed by atoms with Crippen molar-refractivity contribution < 1.29 is 4.74 Å². The van der Waals surface area contributed by atoms with Crippen molar-refractivity contribution >= 4 is 5.82 Å². The van der Waals surface area contributed by atoms with Crippen LogP contribution in [0.2, 0.25) is 0 Å². The van der Waals surface area contributed by atoms with Gasteiger partial charge in [-0.2, -0.15) is 0 Å². The molecular formula is C11H20N4O. The molecule has 1 saturated heterocycles. The van der Waals surface area contributed by atoms with Gasteiger partial charge in [-0.15, -0.1) is 5.10 Å². The van der Waals surface area contributed by atoms with Gasteiger partial charge in [0, 0.05) is 6.42 Å². The second-order valence-electron chi connectivity index (χ2n) is 5.69. The van der Waals surface area contributed by atoms with Crippen LogP contribution in [0, 0.1) is 6.92 Å². The van der Waals surface area contributed by atoms with Gasteiger partial charge in [0.05, 0.1) is 22.9 Å². The zero-order valence-corrected chi connectivity index (χ0v) is 10.6. The lowest BCUT2D eigenvalue weighted by Gasteiger charge is -2.27. The van der Waals surface area contributed by atoms with Crippen molar-refractivity contribution in [2.45, 2.75) is 58.3 Å². The molecule has 16 heavy (non-hydrogen) atoms. The molecule has 5 heteroatoms. The first-order chi connectivity index (χ1) is 7.23. The zero-order chi connectivity index (χ0) is 12.1. The standard InChI is InChI=1S/C11H20N4O/c1-7-9(12)13-14-15(7)8-6-10(2,3)16-11(8,4)5/h8H,6,12H2,1-5H3. The fourth-order valence-electron chi connectivity index (χ4n) is 2.56. The Kier molecular flexibility index (Phi) is 2.28. The maximum absolute atomic E-state index is 6.04. The molecule has 0 radical (unpaired) electrons. The molecule has 1 aliphatic heterocycles. The summed E-state index contributed by atoms with van der Waals surface area (Å²) in [5, 5.41) is 8.03. The number of ether oxygens (including phenoxy) is 1. The normalized spacial score (nSPS) is 27.2. The highest BCUT2D eigenvalue weighted by molar-refractivity contribution is 5.32. The molecule has 2 heterocycles. The minimum atomic E-state index is -0.242. The van der Waals surface area contributed by atoms with Gasteiger partial charge in [0.2, 0.25) is 0 Å². The van der Waals surface area contributed by atoms with Gasteiger partial charge in [0.15, 0.2) is 5.82 Å². The minimum Gasteiger partial charge on any atom is -0.381 e. The summed E-state index contributed by atoms with van der Waals surface area (Å²) in [6.45, 7) is 10.3. The van der Waals surface area contributed by atoms with Crippen molar-refractivity contribution in [3.05, 3.63) is 5.69 Å². The van der Waals surface area contributed by atoms with E-state index in [1.807, 2.05) is 11.6 Å². The third-order valence-corrected chi connectivity index (χ3v) is 3.29. The van der Waals surface area contributed by atoms with Crippen LogP contribution >= 0.6 is 0 Å². The first-order valence-corrected chi connectivity index (χ1v) is 5.60. The molecule has 0 aromatic carbocycles. The number of hydrogen-bond acceptors (Lipinski definition) is 4. The van der Waals surface area contributed by atoms with E-state index in [4.69, 9.17) is 10.5 Å². The lowest BCUT2D eigenvalue weighted by molar-refractivity contribution is -0.0740. The first kappa shape index (κ1) is 11.4. The average molecular weight is 224 g/mol. The molecule has 1 aromatic rings. The summed E-state index contributed by atoms with van der Waals surface area (Å²) in [7, 11) is 0. The average Bonchev–Trinajstić information content (AvgIpc) is 2.52. The molecule has 0 aliphatic carbocycles. The van der Waals surface area contributed by atoms with Crippen LogP contribution in [-0.2, 0) is 4.74 Å². The summed E-state index contributed by atoms with van der Waals surface area (Å²) in [6, 6.07) is 0.187. The molecular weight excluding hydrogens is 204 g/mol. The molecule has 0 amide bonds. The molecule has 5 nitrogen and oxygen atoms in total. The quantitative estimate of drug-likeness (QED) is 0.788. The van der Waals surface area contributed by atoms with Crippen LogP contribution in [0.3, 0.4) is 0 Å². The van der Waals surface area contributed by atoms with Crippen LogP contribution in [0.25, 0.3) is 0 Å². The number of aromatic nitrogens is 3. The summed E-state index contributed by atoms with van der Waals surface area (Å²) in [5.41, 5.74) is 6.28. The van der Waals surface area contributed by atoms with Crippen molar-refractivity contribution in [2.75, 3.05) is 5.73 Å². The molecule has 0 saturated carbocycles. The van der Waals surface area contributed by atoms with E-state index in [1.54, 1.807) is 0 Å². The van der Waals surface area contributed by atoms with Gasteiger partial charge >= 0.3 is 0 Å². The molecule has 1 aromatic heterocycles. The number of nitrogen functional groups attached to an aromatic ring is 1. The van der Waals surface area contributed by atoms with Crippen LogP contribution in [0.4, 0.5) is 5.82 Å². The smallest absolute Gasteiger partial charge is 0.168 e. The number of hydrogen-bond donors (Lipinski definition) is 1. The Balaban J connectivity index is 2.38. The van der Waals surface area contributed by atoms with Crippen molar-refractivity contribution in [1.29, 1.82) is 0 Å². The number of nitrogens with two attached hydrogens (primary N) is 1. The van der Waals surface area contributed by atoms with Crippen LogP contribution in [0.15, 0.2) is 0 Å². The zero-order valence-electron chi connectivity index (χ0n) is 10.6. The monoisotopic (exact) mass is 224 g/mol. The Hall–Kier alpha value is -1.10. The van der Waals surface area contributed by atoms with Crippen molar-refractivity contribution in [1.82, 2.24) is 15.0 Å². The highest BCUT2D eigenvalue weighted by atomic mass is 16.5. The molecule has 90 valence electrons. The number of rotatable bonds is 1. The predicted octanol–water partition coefficient (Wildman–Crippen LogP) is 1.69. The molecule has 1 atom stereocenters. The number of nitrogens with zero attached hydrogens (tertiary/aromatic N) is 3. The maximum atomic E-state index is 6.04. The van der Waals surface area contributed by atoms with Crippen molar-refractivity contribution in [3.8, 4) is 0 Å². The van der Waals surface area contributed by atoms with Gasteiger partial charge in [0.1, 0.15) is 0 Å². The second-order valence-corrected chi connectivity index (χ2v) is 5.69. The van der Waals surface area contributed by atoms with E-state index in [-0.39, 0.29) is 17.2 Å². The van der Waals surface area contributed by atoms with Gasteiger partial charge in [-0.05, 0) is 34.6 Å². The van der Waals surface area contributed by atoms with Gasteiger partial charge in [0.25, 0.3) is 0 Å². The van der Waals surface area contributed by atoms with Gasteiger partial charge in [-0.3, -0.25) is 0 Å². The second kappa shape index (κ2) is 3.20. The van der Waals surface area contributed by atoms with Crippen molar-refractivity contribution in [2.24, 2.45) is 0 Å². The third kappa shape index (κ3) is 1.69. The Bertz CT molecular complexity index is 408. The molecule has 1 aliphatic rings. The molecule has 0 spiro atoms. The van der Waals surface area contributed by atoms with Crippen molar-refractivity contribution in [3.63, 3.8) is 0 Å². The minimum absolute atomic E-state index is 0.124. The van der Waals surface area contributed by atoms with Crippen LogP contribution in [0.5, 0.6) is 0 Å². The van der Waals surface area contributed by atoms with E-state index in [2.05, 4.69) is 38.0 Å².